The Kier molecular flexibility index (Phi) is 2.96. The summed E-state index contributed by atoms with van der Waals surface area (Å²) in [7, 11) is 1.69. The molecule has 0 radical (unpaired) electrons. The molecule has 7 heteroatoms. The highest BCUT2D eigenvalue weighted by molar-refractivity contribution is 5.42. The van der Waals surface area contributed by atoms with Crippen LogP contribution in [0, 0.1) is 12.7 Å². The van der Waals surface area contributed by atoms with Gasteiger partial charge in [0.2, 0.25) is 0 Å². The minimum Gasteiger partial charge on any atom is -0.349 e. The molecule has 3 rings (SSSR count). The fraction of sp³-hybridized carbons (Fsp3) is 0.385. The molecule has 1 aliphatic rings. The van der Waals surface area contributed by atoms with Gasteiger partial charge in [-0.25, -0.2) is 19.3 Å². The van der Waals surface area contributed by atoms with Gasteiger partial charge in [-0.2, -0.15) is 0 Å². The molecule has 20 heavy (non-hydrogen) atoms. The molecule has 0 saturated heterocycles. The van der Waals surface area contributed by atoms with E-state index in [4.69, 9.17) is 0 Å². The maximum Gasteiger partial charge on any atom is 0.258 e. The molecule has 0 atom stereocenters. The summed E-state index contributed by atoms with van der Waals surface area (Å²) in [6.07, 6.45) is 3.04. The molecule has 0 bridgehead atoms. The molecule has 0 saturated carbocycles. The van der Waals surface area contributed by atoms with Gasteiger partial charge in [-0.05, 0) is 6.92 Å². The van der Waals surface area contributed by atoms with E-state index in [0.29, 0.717) is 30.9 Å². The fourth-order valence-corrected chi connectivity index (χ4v) is 2.41. The molecule has 3 heterocycles. The van der Waals surface area contributed by atoms with E-state index in [9.17, 15) is 9.18 Å². The third-order valence-electron chi connectivity index (χ3n) is 3.61. The minimum atomic E-state index is -0.479. The number of fused-ring (bicyclic) bond motifs is 1. The maximum absolute atomic E-state index is 13.7. The van der Waals surface area contributed by atoms with Crippen molar-refractivity contribution in [2.24, 2.45) is 7.05 Å². The van der Waals surface area contributed by atoms with Gasteiger partial charge in [-0.15, -0.1) is 0 Å². The predicted molar refractivity (Wildman–Crippen MR) is 71.0 cm³/mol. The first-order chi connectivity index (χ1) is 9.58. The van der Waals surface area contributed by atoms with Crippen LogP contribution >= 0.6 is 0 Å². The minimum absolute atomic E-state index is 0.0772. The van der Waals surface area contributed by atoms with E-state index < -0.39 is 5.82 Å². The van der Waals surface area contributed by atoms with Crippen molar-refractivity contribution in [3.05, 3.63) is 45.8 Å². The number of rotatable bonds is 1. The monoisotopic (exact) mass is 275 g/mol. The van der Waals surface area contributed by atoms with Gasteiger partial charge in [0.25, 0.3) is 5.56 Å². The molecule has 2 aromatic rings. The molecule has 0 spiro atoms. The summed E-state index contributed by atoms with van der Waals surface area (Å²) in [5.74, 6) is 0.441. The smallest absolute Gasteiger partial charge is 0.258 e. The maximum atomic E-state index is 13.7. The van der Waals surface area contributed by atoms with Crippen molar-refractivity contribution in [2.75, 3.05) is 11.4 Å². The highest BCUT2D eigenvalue weighted by Crippen LogP contribution is 2.21. The lowest BCUT2D eigenvalue weighted by Gasteiger charge is -2.29. The highest BCUT2D eigenvalue weighted by atomic mass is 19.1. The van der Waals surface area contributed by atoms with Gasteiger partial charge in [-0.1, -0.05) is 0 Å². The van der Waals surface area contributed by atoms with E-state index in [-0.39, 0.29) is 11.4 Å². The molecular formula is C13H14FN5O. The van der Waals surface area contributed by atoms with Crippen LogP contribution in [0.5, 0.6) is 0 Å². The van der Waals surface area contributed by atoms with Crippen LogP contribution in [0.3, 0.4) is 0 Å². The van der Waals surface area contributed by atoms with E-state index in [1.807, 2.05) is 0 Å². The molecule has 1 aliphatic heterocycles. The van der Waals surface area contributed by atoms with Crippen molar-refractivity contribution in [3.8, 4) is 0 Å². The second-order valence-electron chi connectivity index (χ2n) is 4.81. The van der Waals surface area contributed by atoms with Crippen LogP contribution < -0.4 is 10.5 Å². The number of nitrogens with zero attached hydrogens (tertiary/aromatic N) is 5. The lowest BCUT2D eigenvalue weighted by molar-refractivity contribution is 0.585. The van der Waals surface area contributed by atoms with Crippen LogP contribution in [-0.4, -0.2) is 26.1 Å². The number of anilines is 1. The van der Waals surface area contributed by atoms with E-state index in [1.54, 1.807) is 18.9 Å². The van der Waals surface area contributed by atoms with Crippen LogP contribution in [0.4, 0.5) is 10.2 Å². The summed E-state index contributed by atoms with van der Waals surface area (Å²) in [6.45, 7) is 2.71. The summed E-state index contributed by atoms with van der Waals surface area (Å²) in [5, 5.41) is 0. The number of hydrogen-bond donors (Lipinski definition) is 0. The van der Waals surface area contributed by atoms with Crippen LogP contribution in [0.1, 0.15) is 17.1 Å². The molecule has 0 unspecified atom stereocenters. The Hall–Kier alpha value is -2.31. The van der Waals surface area contributed by atoms with Gasteiger partial charge in [0.15, 0.2) is 11.6 Å². The zero-order valence-electron chi connectivity index (χ0n) is 11.3. The van der Waals surface area contributed by atoms with Crippen LogP contribution in [0.25, 0.3) is 0 Å². The summed E-state index contributed by atoms with van der Waals surface area (Å²) in [5.41, 5.74) is 1.34. The van der Waals surface area contributed by atoms with Crippen molar-refractivity contribution >= 4 is 5.82 Å². The number of hydrogen-bond acceptors (Lipinski definition) is 5. The van der Waals surface area contributed by atoms with Crippen LogP contribution in [-0.2, 0) is 20.0 Å². The Morgan fingerprint density at radius 3 is 2.95 bits per heavy atom. The SMILES string of the molecule is Cc1nc2c(c(=O)n1C)CN(c1ncncc1F)CC2. The zero-order chi connectivity index (χ0) is 14.3. The molecule has 0 aliphatic carbocycles. The van der Waals surface area contributed by atoms with Crippen molar-refractivity contribution in [1.82, 2.24) is 19.5 Å². The third-order valence-corrected chi connectivity index (χ3v) is 3.61. The molecule has 0 fully saturated rings. The van der Waals surface area contributed by atoms with Gasteiger partial charge in [0, 0.05) is 20.0 Å². The average Bonchev–Trinajstić information content (AvgIpc) is 2.45. The first-order valence-corrected chi connectivity index (χ1v) is 6.33. The topological polar surface area (TPSA) is 63.9 Å². The van der Waals surface area contributed by atoms with Crippen molar-refractivity contribution < 1.29 is 4.39 Å². The Bertz CT molecular complexity index is 727. The Balaban J connectivity index is 2.03. The zero-order valence-corrected chi connectivity index (χ0v) is 11.3. The van der Waals surface area contributed by atoms with Crippen molar-refractivity contribution in [3.63, 3.8) is 0 Å². The fourth-order valence-electron chi connectivity index (χ4n) is 2.41. The molecule has 2 aromatic heterocycles. The molecule has 0 amide bonds. The summed E-state index contributed by atoms with van der Waals surface area (Å²) in [4.78, 5) is 26.0. The predicted octanol–water partition coefficient (Wildman–Crippen LogP) is 0.581. The Morgan fingerprint density at radius 1 is 1.40 bits per heavy atom. The summed E-state index contributed by atoms with van der Waals surface area (Å²) >= 11 is 0. The second-order valence-corrected chi connectivity index (χ2v) is 4.81. The van der Waals surface area contributed by atoms with E-state index in [1.165, 1.54) is 10.9 Å². The molecule has 0 N–H and O–H groups in total. The largest absolute Gasteiger partial charge is 0.349 e. The van der Waals surface area contributed by atoms with E-state index in [0.717, 1.165) is 11.9 Å². The first-order valence-electron chi connectivity index (χ1n) is 6.33. The van der Waals surface area contributed by atoms with Gasteiger partial charge in [-0.3, -0.25) is 9.36 Å². The molecule has 104 valence electrons. The lowest BCUT2D eigenvalue weighted by Crippen LogP contribution is -2.38. The average molecular weight is 275 g/mol. The third kappa shape index (κ3) is 1.95. The normalized spacial score (nSPS) is 14.2. The molecule has 0 aromatic carbocycles. The van der Waals surface area contributed by atoms with E-state index in [2.05, 4.69) is 15.0 Å². The molecular weight excluding hydrogens is 261 g/mol. The summed E-state index contributed by atoms with van der Waals surface area (Å²) in [6, 6.07) is 0. The van der Waals surface area contributed by atoms with Crippen LogP contribution in [0.15, 0.2) is 17.3 Å². The van der Waals surface area contributed by atoms with Gasteiger partial charge < -0.3 is 4.90 Å². The van der Waals surface area contributed by atoms with Gasteiger partial charge in [0.1, 0.15) is 12.2 Å². The van der Waals surface area contributed by atoms with Crippen molar-refractivity contribution in [2.45, 2.75) is 19.9 Å². The van der Waals surface area contributed by atoms with Gasteiger partial charge in [0.05, 0.1) is 24.0 Å². The number of aryl methyl sites for hydroxylation is 1. The first kappa shape index (κ1) is 12.7. The molecule has 6 nitrogen and oxygen atoms in total. The Morgan fingerprint density at radius 2 is 2.20 bits per heavy atom. The lowest BCUT2D eigenvalue weighted by atomic mass is 10.1. The van der Waals surface area contributed by atoms with Gasteiger partial charge >= 0.3 is 0 Å². The standard InChI is InChI=1S/C13H14FN5O/c1-8-17-11-3-4-19(6-9(11)13(20)18(8)2)12-10(14)5-15-7-16-12/h5,7H,3-4,6H2,1-2H3. The number of aromatic nitrogens is 4. The Labute approximate surface area is 114 Å². The van der Waals surface area contributed by atoms with Crippen LogP contribution in [0.2, 0.25) is 0 Å². The summed E-state index contributed by atoms with van der Waals surface area (Å²) < 4.78 is 15.2. The van der Waals surface area contributed by atoms with E-state index >= 15 is 0 Å². The second kappa shape index (κ2) is 4.66. The quantitative estimate of drug-likeness (QED) is 0.762. The number of halogens is 1. The highest BCUT2D eigenvalue weighted by Gasteiger charge is 2.24. The van der Waals surface area contributed by atoms with Crippen molar-refractivity contribution in [1.29, 1.82) is 0 Å².